The van der Waals surface area contributed by atoms with Gasteiger partial charge in [0, 0.05) is 0 Å². The average Bonchev–Trinajstić information content (AvgIpc) is 2.64. The van der Waals surface area contributed by atoms with E-state index in [0.717, 1.165) is 0 Å². The Morgan fingerprint density at radius 3 is 2.71 bits per heavy atom. The zero-order valence-electron chi connectivity index (χ0n) is 8.95. The largest absolute Gasteiger partial charge is 0.383 e. The molecule has 1 aromatic heterocycles. The number of hydrogen-bond donors (Lipinski definition) is 1. The van der Waals surface area contributed by atoms with Crippen molar-refractivity contribution in [3.05, 3.63) is 40.0 Å². The van der Waals surface area contributed by atoms with Crippen molar-refractivity contribution in [1.82, 2.24) is 9.78 Å². The normalized spacial score (nSPS) is 10.5. The summed E-state index contributed by atoms with van der Waals surface area (Å²) in [6.45, 7) is 1.43. The van der Waals surface area contributed by atoms with E-state index in [-0.39, 0.29) is 11.6 Å². The summed E-state index contributed by atoms with van der Waals surface area (Å²) in [6, 6.07) is 5.12. The lowest BCUT2D eigenvalue weighted by Gasteiger charge is -2.07. The van der Waals surface area contributed by atoms with Gasteiger partial charge in [-0.25, -0.2) is 4.68 Å². The fourth-order valence-electron chi connectivity index (χ4n) is 1.48. The van der Waals surface area contributed by atoms with Crippen LogP contribution in [0.5, 0.6) is 0 Å². The van der Waals surface area contributed by atoms with Gasteiger partial charge >= 0.3 is 0 Å². The number of nitrogens with two attached hydrogens (primary N) is 1. The third kappa shape index (κ3) is 2.01. The van der Waals surface area contributed by atoms with E-state index in [1.54, 1.807) is 18.2 Å². The Kier molecular flexibility index (Phi) is 3.09. The second-order valence-electron chi connectivity index (χ2n) is 3.48. The predicted molar refractivity (Wildman–Crippen MR) is 68.0 cm³/mol. The minimum absolute atomic E-state index is 0.146. The number of hydrogen-bond acceptors (Lipinski definition) is 3. The summed E-state index contributed by atoms with van der Waals surface area (Å²) in [5.41, 5.74) is 6.74. The van der Waals surface area contributed by atoms with Crippen molar-refractivity contribution in [3.63, 3.8) is 0 Å². The Morgan fingerprint density at radius 2 is 2.12 bits per heavy atom. The van der Waals surface area contributed by atoms with E-state index in [1.165, 1.54) is 17.8 Å². The highest BCUT2D eigenvalue weighted by Gasteiger charge is 2.15. The van der Waals surface area contributed by atoms with Crippen molar-refractivity contribution >= 4 is 34.8 Å². The molecular formula is C11H9Cl2N3O. The van der Waals surface area contributed by atoms with E-state index in [0.29, 0.717) is 21.3 Å². The van der Waals surface area contributed by atoms with Crippen molar-refractivity contribution < 1.29 is 4.79 Å². The van der Waals surface area contributed by atoms with Gasteiger partial charge in [0.1, 0.15) is 5.82 Å². The molecule has 2 N–H and O–H groups in total. The number of benzene rings is 1. The van der Waals surface area contributed by atoms with Crippen LogP contribution in [-0.2, 0) is 0 Å². The maximum Gasteiger partial charge on any atom is 0.165 e. The molecular weight excluding hydrogens is 261 g/mol. The molecule has 0 saturated heterocycles. The first-order valence-corrected chi connectivity index (χ1v) is 5.56. The quantitative estimate of drug-likeness (QED) is 0.853. The van der Waals surface area contributed by atoms with E-state index in [1.807, 2.05) is 0 Å². The molecule has 0 aliphatic rings. The summed E-state index contributed by atoms with van der Waals surface area (Å²) >= 11 is 12.0. The SMILES string of the molecule is CC(=O)c1cnn(-c2cccc(Cl)c2Cl)c1N. The number of nitrogen functional groups attached to an aromatic ring is 1. The minimum Gasteiger partial charge on any atom is -0.383 e. The van der Waals surface area contributed by atoms with Crippen molar-refractivity contribution in [2.45, 2.75) is 6.92 Å². The number of carbonyl (C=O) groups is 1. The van der Waals surface area contributed by atoms with Gasteiger partial charge in [-0.1, -0.05) is 29.3 Å². The lowest BCUT2D eigenvalue weighted by Crippen LogP contribution is -2.05. The molecule has 1 heterocycles. The molecule has 1 aromatic carbocycles. The highest BCUT2D eigenvalue weighted by molar-refractivity contribution is 6.43. The van der Waals surface area contributed by atoms with Crippen LogP contribution in [0.15, 0.2) is 24.4 Å². The van der Waals surface area contributed by atoms with E-state index in [4.69, 9.17) is 28.9 Å². The number of rotatable bonds is 2. The van der Waals surface area contributed by atoms with Crippen LogP contribution < -0.4 is 5.73 Å². The number of ketones is 1. The van der Waals surface area contributed by atoms with Gasteiger partial charge in [-0.3, -0.25) is 4.79 Å². The smallest absolute Gasteiger partial charge is 0.165 e. The molecule has 0 atom stereocenters. The van der Waals surface area contributed by atoms with Crippen LogP contribution in [0, 0.1) is 0 Å². The molecule has 88 valence electrons. The molecule has 6 heteroatoms. The molecule has 0 radical (unpaired) electrons. The Morgan fingerprint density at radius 1 is 1.41 bits per heavy atom. The monoisotopic (exact) mass is 269 g/mol. The highest BCUT2D eigenvalue weighted by Crippen LogP contribution is 2.30. The van der Waals surface area contributed by atoms with Gasteiger partial charge in [0.2, 0.25) is 0 Å². The summed E-state index contributed by atoms with van der Waals surface area (Å²) < 4.78 is 1.39. The molecule has 0 aliphatic carbocycles. The topological polar surface area (TPSA) is 60.9 Å². The van der Waals surface area contributed by atoms with Crippen LogP contribution in [0.4, 0.5) is 5.82 Å². The van der Waals surface area contributed by atoms with Crippen LogP contribution in [0.3, 0.4) is 0 Å². The van der Waals surface area contributed by atoms with Crippen LogP contribution in [0.25, 0.3) is 5.69 Å². The summed E-state index contributed by atoms with van der Waals surface area (Å²) in [7, 11) is 0. The van der Waals surface area contributed by atoms with Crippen LogP contribution in [0.2, 0.25) is 10.0 Å². The Hall–Kier alpha value is -1.52. The molecule has 0 saturated carbocycles. The Labute approximate surface area is 108 Å². The first kappa shape index (κ1) is 12.0. The summed E-state index contributed by atoms with van der Waals surface area (Å²) in [5, 5.41) is 4.79. The zero-order valence-corrected chi connectivity index (χ0v) is 10.5. The van der Waals surface area contributed by atoms with Crippen LogP contribution in [0.1, 0.15) is 17.3 Å². The Balaban J connectivity index is 2.62. The summed E-state index contributed by atoms with van der Waals surface area (Å²) in [5.74, 6) is 0.105. The number of Topliss-reactive ketones (excluding diaryl/α,β-unsaturated/α-hetero) is 1. The Bertz CT molecular complexity index is 592. The second-order valence-corrected chi connectivity index (χ2v) is 4.27. The molecule has 0 bridgehead atoms. The van der Waals surface area contributed by atoms with Gasteiger partial charge in [-0.05, 0) is 19.1 Å². The van der Waals surface area contributed by atoms with Gasteiger partial charge in [0.05, 0.1) is 27.5 Å². The minimum atomic E-state index is -0.146. The van der Waals surface area contributed by atoms with Crippen molar-refractivity contribution in [2.75, 3.05) is 5.73 Å². The number of carbonyl (C=O) groups excluding carboxylic acids is 1. The molecule has 17 heavy (non-hydrogen) atoms. The van der Waals surface area contributed by atoms with Crippen molar-refractivity contribution in [1.29, 1.82) is 0 Å². The number of anilines is 1. The van der Waals surface area contributed by atoms with Gasteiger partial charge in [-0.2, -0.15) is 5.10 Å². The van der Waals surface area contributed by atoms with Gasteiger partial charge in [-0.15, -0.1) is 0 Å². The molecule has 0 unspecified atom stereocenters. The molecule has 0 aliphatic heterocycles. The number of aromatic nitrogens is 2. The maximum absolute atomic E-state index is 11.3. The molecule has 0 amide bonds. The predicted octanol–water partition coefficient (Wildman–Crippen LogP) is 2.96. The summed E-state index contributed by atoms with van der Waals surface area (Å²) in [4.78, 5) is 11.3. The molecule has 4 nitrogen and oxygen atoms in total. The fourth-order valence-corrected chi connectivity index (χ4v) is 1.85. The van der Waals surface area contributed by atoms with E-state index < -0.39 is 0 Å². The fraction of sp³-hybridized carbons (Fsp3) is 0.0909. The highest BCUT2D eigenvalue weighted by atomic mass is 35.5. The van der Waals surface area contributed by atoms with E-state index >= 15 is 0 Å². The van der Waals surface area contributed by atoms with Crippen molar-refractivity contribution in [2.24, 2.45) is 0 Å². The molecule has 2 aromatic rings. The third-order valence-corrected chi connectivity index (χ3v) is 3.15. The average molecular weight is 270 g/mol. The lowest BCUT2D eigenvalue weighted by atomic mass is 10.2. The lowest BCUT2D eigenvalue weighted by molar-refractivity contribution is 0.101. The first-order valence-electron chi connectivity index (χ1n) is 4.81. The van der Waals surface area contributed by atoms with Gasteiger partial charge in [0.15, 0.2) is 5.78 Å². The number of nitrogens with zero attached hydrogens (tertiary/aromatic N) is 2. The second kappa shape index (κ2) is 4.39. The number of halogens is 2. The zero-order chi connectivity index (χ0) is 12.6. The molecule has 0 fully saturated rings. The maximum atomic E-state index is 11.3. The van der Waals surface area contributed by atoms with E-state index in [2.05, 4.69) is 5.10 Å². The van der Waals surface area contributed by atoms with Gasteiger partial charge < -0.3 is 5.73 Å². The third-order valence-electron chi connectivity index (χ3n) is 2.35. The molecule has 2 rings (SSSR count). The van der Waals surface area contributed by atoms with Gasteiger partial charge in [0.25, 0.3) is 0 Å². The van der Waals surface area contributed by atoms with E-state index in [9.17, 15) is 4.79 Å². The molecule has 0 spiro atoms. The standard InChI is InChI=1S/C11H9Cl2N3O/c1-6(17)7-5-15-16(11(7)14)9-4-2-3-8(12)10(9)13/h2-5H,14H2,1H3. The summed E-state index contributed by atoms with van der Waals surface area (Å²) in [6.07, 6.45) is 1.41. The first-order chi connectivity index (χ1) is 8.02. The van der Waals surface area contributed by atoms with Crippen molar-refractivity contribution in [3.8, 4) is 5.69 Å². The van der Waals surface area contributed by atoms with Crippen LogP contribution >= 0.6 is 23.2 Å². The van der Waals surface area contributed by atoms with Crippen LogP contribution in [-0.4, -0.2) is 15.6 Å².